The molecule has 0 unspecified atom stereocenters. The average Bonchev–Trinajstić information content (AvgIpc) is 3.12. The molecular formula is C23H35ClN2O3. The van der Waals surface area contributed by atoms with E-state index >= 15 is 0 Å². The van der Waals surface area contributed by atoms with E-state index in [2.05, 4.69) is 9.80 Å². The zero-order valence-electron chi connectivity index (χ0n) is 17.8. The topological polar surface area (TPSA) is 45.2 Å². The lowest BCUT2D eigenvalue weighted by molar-refractivity contribution is -0.0234. The normalized spacial score (nSPS) is 30.9. The number of ether oxygens (including phenoxy) is 2. The molecule has 3 fully saturated rings. The molecule has 1 saturated carbocycles. The molecule has 1 aliphatic carbocycles. The smallest absolute Gasteiger partial charge is 0.137 e. The van der Waals surface area contributed by atoms with Crippen LogP contribution in [0.3, 0.4) is 0 Å². The Morgan fingerprint density at radius 2 is 1.66 bits per heavy atom. The summed E-state index contributed by atoms with van der Waals surface area (Å²) in [5.41, 5.74) is 0.870. The number of fused-ring (bicyclic) bond motifs is 1. The summed E-state index contributed by atoms with van der Waals surface area (Å²) in [6.07, 6.45) is 5.26. The lowest BCUT2D eigenvalue weighted by atomic mass is 9.78. The van der Waals surface area contributed by atoms with E-state index in [-0.39, 0.29) is 6.10 Å². The fourth-order valence-electron chi connectivity index (χ4n) is 5.35. The van der Waals surface area contributed by atoms with Gasteiger partial charge in [0.05, 0.1) is 18.2 Å². The Balaban J connectivity index is 1.33. The van der Waals surface area contributed by atoms with Crippen LogP contribution in [-0.2, 0) is 0 Å². The van der Waals surface area contributed by atoms with Crippen LogP contribution in [0.25, 0.3) is 0 Å². The minimum absolute atomic E-state index is 0.165. The van der Waals surface area contributed by atoms with Gasteiger partial charge < -0.3 is 24.4 Å². The van der Waals surface area contributed by atoms with Crippen molar-refractivity contribution >= 4 is 11.6 Å². The van der Waals surface area contributed by atoms with E-state index in [1.54, 1.807) is 7.11 Å². The van der Waals surface area contributed by atoms with Crippen LogP contribution in [-0.4, -0.2) is 73.5 Å². The highest BCUT2D eigenvalue weighted by molar-refractivity contribution is 6.33. The van der Waals surface area contributed by atoms with Gasteiger partial charge in [0.1, 0.15) is 17.6 Å². The first kappa shape index (κ1) is 21.2. The molecule has 1 aromatic rings. The van der Waals surface area contributed by atoms with E-state index in [1.807, 2.05) is 19.1 Å². The predicted octanol–water partition coefficient (Wildman–Crippen LogP) is 3.59. The Bertz CT molecular complexity index is 695. The standard InChI is InChI=1S/C23H35ClN2O3/c1-16-20(6-7-21(28-2)23(16)24)29-22-13-18-15-26(14-17(18)12-19(22)27)11-10-25-8-4-3-5-9-25/h6-7,17-19,22,27H,3-5,8-15H2,1-2H3/t17-,18+,19+,22+/m0/s1. The zero-order valence-corrected chi connectivity index (χ0v) is 18.5. The molecule has 5 nitrogen and oxygen atoms in total. The maximum absolute atomic E-state index is 10.7. The molecular weight excluding hydrogens is 388 g/mol. The number of benzene rings is 1. The Hall–Kier alpha value is -1.01. The van der Waals surface area contributed by atoms with E-state index in [9.17, 15) is 5.11 Å². The number of aliphatic hydroxyl groups is 1. The van der Waals surface area contributed by atoms with Crippen LogP contribution in [0.5, 0.6) is 11.5 Å². The molecule has 2 aliphatic heterocycles. The summed E-state index contributed by atoms with van der Waals surface area (Å²) < 4.78 is 11.5. The quantitative estimate of drug-likeness (QED) is 0.758. The second-order valence-corrected chi connectivity index (χ2v) is 9.46. The van der Waals surface area contributed by atoms with Gasteiger partial charge >= 0.3 is 0 Å². The molecule has 4 rings (SSSR count). The molecule has 1 aromatic carbocycles. The average molecular weight is 423 g/mol. The number of methoxy groups -OCH3 is 1. The van der Waals surface area contributed by atoms with Crippen molar-refractivity contribution in [3.05, 3.63) is 22.7 Å². The van der Waals surface area contributed by atoms with Gasteiger partial charge in [0.15, 0.2) is 0 Å². The summed E-state index contributed by atoms with van der Waals surface area (Å²) >= 11 is 6.38. The highest BCUT2D eigenvalue weighted by Crippen LogP contribution is 2.40. The third kappa shape index (κ3) is 4.84. The molecule has 0 radical (unpaired) electrons. The molecule has 0 amide bonds. The first-order valence-electron chi connectivity index (χ1n) is 11.2. The fourth-order valence-corrected chi connectivity index (χ4v) is 5.59. The largest absolute Gasteiger partial charge is 0.495 e. The van der Waals surface area contributed by atoms with Crippen molar-refractivity contribution in [3.8, 4) is 11.5 Å². The number of hydrogen-bond donors (Lipinski definition) is 1. The first-order chi connectivity index (χ1) is 14.0. The van der Waals surface area contributed by atoms with E-state index in [1.165, 1.54) is 38.9 Å². The fraction of sp³-hybridized carbons (Fsp3) is 0.739. The van der Waals surface area contributed by atoms with E-state index in [0.717, 1.165) is 43.8 Å². The summed E-state index contributed by atoms with van der Waals surface area (Å²) in [5.74, 6) is 2.60. The van der Waals surface area contributed by atoms with Crippen LogP contribution < -0.4 is 9.47 Å². The SMILES string of the molecule is COc1ccc(O[C@@H]2C[C@@H]3CN(CCN4CCCCC4)C[C@@H]3C[C@H]2O)c(C)c1Cl. The second-order valence-electron chi connectivity index (χ2n) is 9.08. The Kier molecular flexibility index (Phi) is 6.90. The van der Waals surface area contributed by atoms with Crippen molar-refractivity contribution in [3.63, 3.8) is 0 Å². The second kappa shape index (κ2) is 9.42. The van der Waals surface area contributed by atoms with E-state index < -0.39 is 6.10 Å². The van der Waals surface area contributed by atoms with Crippen molar-refractivity contribution in [2.24, 2.45) is 11.8 Å². The third-order valence-corrected chi connectivity index (χ3v) is 7.61. The Morgan fingerprint density at radius 1 is 1.00 bits per heavy atom. The van der Waals surface area contributed by atoms with Crippen molar-refractivity contribution in [1.29, 1.82) is 0 Å². The third-order valence-electron chi connectivity index (χ3n) is 7.14. The zero-order chi connectivity index (χ0) is 20.4. The summed E-state index contributed by atoms with van der Waals surface area (Å²) in [7, 11) is 1.61. The molecule has 0 bridgehead atoms. The number of likely N-dealkylation sites (tertiary alicyclic amines) is 2. The molecule has 29 heavy (non-hydrogen) atoms. The summed E-state index contributed by atoms with van der Waals surface area (Å²) in [6, 6.07) is 3.74. The van der Waals surface area contributed by atoms with E-state index in [4.69, 9.17) is 21.1 Å². The van der Waals surface area contributed by atoms with Gasteiger partial charge in [-0.3, -0.25) is 0 Å². The van der Waals surface area contributed by atoms with Crippen LogP contribution >= 0.6 is 11.6 Å². The van der Waals surface area contributed by atoms with E-state index in [0.29, 0.717) is 22.6 Å². The summed E-state index contributed by atoms with van der Waals surface area (Å²) in [5, 5.41) is 11.3. The lowest BCUT2D eigenvalue weighted by Gasteiger charge is -2.35. The van der Waals surface area contributed by atoms with Crippen molar-refractivity contribution in [2.75, 3.05) is 46.4 Å². The maximum Gasteiger partial charge on any atom is 0.137 e. The maximum atomic E-state index is 10.7. The molecule has 0 spiro atoms. The molecule has 2 heterocycles. The van der Waals surface area contributed by atoms with Gasteiger partial charge in [-0.15, -0.1) is 0 Å². The van der Waals surface area contributed by atoms with Gasteiger partial charge in [-0.25, -0.2) is 0 Å². The number of nitrogens with zero attached hydrogens (tertiary/aromatic N) is 2. The van der Waals surface area contributed by atoms with Gasteiger partial charge in [-0.1, -0.05) is 18.0 Å². The minimum Gasteiger partial charge on any atom is -0.495 e. The molecule has 162 valence electrons. The predicted molar refractivity (Wildman–Crippen MR) is 116 cm³/mol. The monoisotopic (exact) mass is 422 g/mol. The number of aliphatic hydroxyl groups excluding tert-OH is 1. The first-order valence-corrected chi connectivity index (χ1v) is 11.6. The molecule has 2 saturated heterocycles. The van der Waals surface area contributed by atoms with Gasteiger partial charge in [0.2, 0.25) is 0 Å². The number of halogens is 1. The number of hydrogen-bond acceptors (Lipinski definition) is 5. The number of piperidine rings is 1. The van der Waals surface area contributed by atoms with Crippen LogP contribution in [0, 0.1) is 18.8 Å². The van der Waals surface area contributed by atoms with Crippen LogP contribution in [0.4, 0.5) is 0 Å². The lowest BCUT2D eigenvalue weighted by Crippen LogP contribution is -2.42. The highest BCUT2D eigenvalue weighted by Gasteiger charge is 2.42. The molecule has 6 heteroatoms. The van der Waals surface area contributed by atoms with Crippen LogP contribution in [0.2, 0.25) is 5.02 Å². The highest BCUT2D eigenvalue weighted by atomic mass is 35.5. The molecule has 1 N–H and O–H groups in total. The van der Waals surface area contributed by atoms with Gasteiger partial charge in [0, 0.05) is 31.7 Å². The number of rotatable bonds is 6. The van der Waals surface area contributed by atoms with Crippen LogP contribution in [0.1, 0.15) is 37.7 Å². The van der Waals surface area contributed by atoms with Crippen molar-refractivity contribution < 1.29 is 14.6 Å². The molecule has 0 aromatic heterocycles. The minimum atomic E-state index is -0.418. The van der Waals surface area contributed by atoms with Gasteiger partial charge in [0.25, 0.3) is 0 Å². The van der Waals surface area contributed by atoms with Gasteiger partial charge in [-0.05, 0) is 69.7 Å². The van der Waals surface area contributed by atoms with Crippen molar-refractivity contribution in [1.82, 2.24) is 9.80 Å². The molecule has 3 aliphatic rings. The Labute approximate surface area is 179 Å². The Morgan fingerprint density at radius 3 is 2.38 bits per heavy atom. The summed E-state index contributed by atoms with van der Waals surface area (Å²) in [6.45, 7) is 9.06. The molecule has 4 atom stereocenters. The van der Waals surface area contributed by atoms with Gasteiger partial charge in [-0.2, -0.15) is 0 Å². The van der Waals surface area contributed by atoms with Crippen molar-refractivity contribution in [2.45, 2.75) is 51.2 Å². The van der Waals surface area contributed by atoms with Crippen LogP contribution in [0.15, 0.2) is 12.1 Å². The summed E-state index contributed by atoms with van der Waals surface area (Å²) in [4.78, 5) is 5.22.